The van der Waals surface area contributed by atoms with Gasteiger partial charge in [-0.05, 0) is 30.2 Å². The lowest BCUT2D eigenvalue weighted by molar-refractivity contribution is -0.259. The van der Waals surface area contributed by atoms with Crippen LogP contribution in [0.5, 0.6) is 5.75 Å². The van der Waals surface area contributed by atoms with Crippen LogP contribution in [0.4, 0.5) is 0 Å². The molecule has 5 N–H and O–H groups in total. The maximum Gasteiger partial charge on any atom is 0.278 e. The molecule has 0 aliphatic rings. The Labute approximate surface area is 218 Å². The summed E-state index contributed by atoms with van der Waals surface area (Å²) in [4.78, 5) is 14.7. The van der Waals surface area contributed by atoms with Gasteiger partial charge in [-0.25, -0.2) is 0 Å². The fraction of sp³-hybridized carbons (Fsp3) is 0.267. The molecule has 0 heterocycles. The van der Waals surface area contributed by atoms with Gasteiger partial charge < -0.3 is 26.1 Å². The molecule has 7 nitrogen and oxygen atoms in total. The van der Waals surface area contributed by atoms with Crippen molar-refractivity contribution in [1.82, 2.24) is 4.90 Å². The lowest BCUT2D eigenvalue weighted by Crippen LogP contribution is -2.49. The monoisotopic (exact) mass is 501 g/mol. The summed E-state index contributed by atoms with van der Waals surface area (Å²) >= 11 is 0. The Morgan fingerprint density at radius 1 is 0.946 bits per heavy atom. The van der Waals surface area contributed by atoms with Crippen molar-refractivity contribution >= 4 is 17.7 Å². The number of hydrogen-bond acceptors (Lipinski definition) is 6. The Morgan fingerprint density at radius 2 is 1.59 bits per heavy atom. The number of para-hydroxylation sites is 1. The number of aliphatic hydroxyl groups is 2. The number of unbranched alkanes of at least 4 members (excludes halogenated alkanes) is 3. The highest BCUT2D eigenvalue weighted by Crippen LogP contribution is 2.30. The van der Waals surface area contributed by atoms with Crippen LogP contribution in [-0.2, 0) is 12.5 Å². The molecule has 0 bridgehead atoms. The Bertz CT molecular complexity index is 1190. The highest BCUT2D eigenvalue weighted by Gasteiger charge is 2.38. The van der Waals surface area contributed by atoms with Crippen molar-refractivity contribution in [1.29, 1.82) is 5.41 Å². The van der Waals surface area contributed by atoms with Crippen molar-refractivity contribution in [3.63, 3.8) is 0 Å². The summed E-state index contributed by atoms with van der Waals surface area (Å²) in [6, 6.07) is 22.0. The Hall–Kier alpha value is -3.94. The van der Waals surface area contributed by atoms with E-state index in [-0.39, 0.29) is 17.7 Å². The smallest absolute Gasteiger partial charge is 0.278 e. The van der Waals surface area contributed by atoms with E-state index < -0.39 is 11.8 Å². The number of carbonyl (C=O) groups excluding carboxylic acids is 1. The minimum Gasteiger partial charge on any atom is -0.493 e. The number of allylic oxidation sites excluding steroid dienone is 1. The van der Waals surface area contributed by atoms with Gasteiger partial charge in [0.05, 0.1) is 13.2 Å². The van der Waals surface area contributed by atoms with Crippen molar-refractivity contribution in [2.45, 2.75) is 45.1 Å². The van der Waals surface area contributed by atoms with E-state index in [4.69, 9.17) is 15.9 Å². The molecule has 0 unspecified atom stereocenters. The standard InChI is InChI=1S/C30H35N3O4/c1-2-3-4-10-19-37-28-14-9-8-11-25(28)22-33(30(35,36)27-12-6-5-7-13-27)29(34)24-17-15-23(16-18-24)26(20-31)21-32/h5-9,11-18,20-21,31,35-36H,2-4,10,19,22,32H2,1H3. The number of benzene rings is 3. The lowest BCUT2D eigenvalue weighted by Gasteiger charge is -2.36. The van der Waals surface area contributed by atoms with Gasteiger partial charge in [0.2, 0.25) is 0 Å². The van der Waals surface area contributed by atoms with Crippen LogP contribution in [0.25, 0.3) is 5.57 Å². The first kappa shape index (κ1) is 27.6. The summed E-state index contributed by atoms with van der Waals surface area (Å²) in [5.41, 5.74) is 7.82. The van der Waals surface area contributed by atoms with Gasteiger partial charge in [0, 0.05) is 34.7 Å². The maximum absolute atomic E-state index is 13.7. The van der Waals surface area contributed by atoms with Crippen LogP contribution in [0, 0.1) is 5.41 Å². The van der Waals surface area contributed by atoms with Gasteiger partial charge in [0.1, 0.15) is 5.75 Å². The number of nitrogens with zero attached hydrogens (tertiary/aromatic N) is 1. The van der Waals surface area contributed by atoms with Gasteiger partial charge in [-0.15, -0.1) is 0 Å². The third-order valence-electron chi connectivity index (χ3n) is 6.14. The predicted octanol–water partition coefficient (Wildman–Crippen LogP) is 5.03. The molecule has 7 heteroatoms. The molecule has 37 heavy (non-hydrogen) atoms. The number of nitrogens with two attached hydrogens (primary N) is 1. The van der Waals surface area contributed by atoms with Crippen LogP contribution in [0.2, 0.25) is 0 Å². The van der Waals surface area contributed by atoms with Crippen LogP contribution in [0.3, 0.4) is 0 Å². The third kappa shape index (κ3) is 7.06. The van der Waals surface area contributed by atoms with Gasteiger partial charge in [0.25, 0.3) is 11.8 Å². The molecule has 0 radical (unpaired) electrons. The Morgan fingerprint density at radius 3 is 2.24 bits per heavy atom. The first-order valence-corrected chi connectivity index (χ1v) is 12.5. The molecule has 0 aliphatic heterocycles. The summed E-state index contributed by atoms with van der Waals surface area (Å²) in [5, 5.41) is 30.1. The normalized spacial score (nSPS) is 11.7. The second kappa shape index (κ2) is 13.4. The average molecular weight is 502 g/mol. The minimum absolute atomic E-state index is 0.0952. The zero-order valence-electron chi connectivity index (χ0n) is 21.1. The Balaban J connectivity index is 1.94. The number of amides is 1. The summed E-state index contributed by atoms with van der Waals surface area (Å²) in [7, 11) is 0. The molecule has 3 aromatic carbocycles. The molecule has 3 rings (SSSR count). The van der Waals surface area contributed by atoms with Crippen molar-refractivity contribution in [3.8, 4) is 5.75 Å². The molecule has 1 amide bonds. The van der Waals surface area contributed by atoms with E-state index in [0.717, 1.165) is 36.8 Å². The molecule has 0 atom stereocenters. The first-order chi connectivity index (χ1) is 17.9. The molecule has 0 aliphatic carbocycles. The molecule has 3 aromatic rings. The largest absolute Gasteiger partial charge is 0.493 e. The topological polar surface area (TPSA) is 120 Å². The summed E-state index contributed by atoms with van der Waals surface area (Å²) in [5.74, 6) is -2.56. The molecule has 0 spiro atoms. The van der Waals surface area contributed by atoms with E-state index in [1.807, 2.05) is 24.3 Å². The molecule has 194 valence electrons. The van der Waals surface area contributed by atoms with E-state index in [9.17, 15) is 15.0 Å². The van der Waals surface area contributed by atoms with E-state index in [1.165, 1.54) is 6.20 Å². The molecular weight excluding hydrogens is 466 g/mol. The molecule has 0 saturated heterocycles. The summed E-state index contributed by atoms with van der Waals surface area (Å²) < 4.78 is 6.01. The second-order valence-corrected chi connectivity index (χ2v) is 8.75. The van der Waals surface area contributed by atoms with Gasteiger partial charge >= 0.3 is 0 Å². The van der Waals surface area contributed by atoms with Gasteiger partial charge in [-0.1, -0.05) is 86.8 Å². The van der Waals surface area contributed by atoms with Crippen LogP contribution < -0.4 is 10.5 Å². The fourth-order valence-electron chi connectivity index (χ4n) is 3.99. The van der Waals surface area contributed by atoms with Gasteiger partial charge in [0.15, 0.2) is 0 Å². The number of hydrogen-bond donors (Lipinski definition) is 4. The van der Waals surface area contributed by atoms with Gasteiger partial charge in [-0.3, -0.25) is 9.69 Å². The predicted molar refractivity (Wildman–Crippen MR) is 146 cm³/mol. The molecule has 0 aromatic heterocycles. The number of ether oxygens (including phenoxy) is 1. The number of rotatable bonds is 13. The van der Waals surface area contributed by atoms with Crippen molar-refractivity contribution in [3.05, 3.63) is 107 Å². The van der Waals surface area contributed by atoms with Crippen LogP contribution in [0.1, 0.15) is 59.7 Å². The zero-order valence-corrected chi connectivity index (χ0v) is 21.1. The highest BCUT2D eigenvalue weighted by atomic mass is 16.5. The van der Waals surface area contributed by atoms with Crippen LogP contribution in [0.15, 0.2) is 85.1 Å². The first-order valence-electron chi connectivity index (χ1n) is 12.5. The van der Waals surface area contributed by atoms with Gasteiger partial charge in [-0.2, -0.15) is 0 Å². The average Bonchev–Trinajstić information content (AvgIpc) is 2.93. The maximum atomic E-state index is 13.7. The van der Waals surface area contributed by atoms with E-state index in [1.54, 1.807) is 54.6 Å². The SMILES string of the molecule is CCCCCCOc1ccccc1CN(C(=O)c1ccc(C(C=N)=CN)cc1)C(O)(O)c1ccccc1. The van der Waals surface area contributed by atoms with Crippen LogP contribution >= 0.6 is 0 Å². The Kier molecular flexibility index (Phi) is 10.0. The summed E-state index contributed by atoms with van der Waals surface area (Å²) in [6.07, 6.45) is 6.71. The second-order valence-electron chi connectivity index (χ2n) is 8.75. The number of nitrogens with one attached hydrogen (secondary N) is 1. The van der Waals surface area contributed by atoms with Crippen molar-refractivity contribution in [2.75, 3.05) is 6.61 Å². The minimum atomic E-state index is -2.58. The quantitative estimate of drug-likeness (QED) is 0.149. The van der Waals surface area contributed by atoms with E-state index in [0.29, 0.717) is 29.1 Å². The van der Waals surface area contributed by atoms with Crippen molar-refractivity contribution < 1.29 is 19.7 Å². The van der Waals surface area contributed by atoms with E-state index >= 15 is 0 Å². The fourth-order valence-corrected chi connectivity index (χ4v) is 3.99. The molecule has 0 fully saturated rings. The molecule has 0 saturated carbocycles. The third-order valence-corrected chi connectivity index (χ3v) is 6.14. The zero-order chi connectivity index (χ0) is 26.7. The van der Waals surface area contributed by atoms with E-state index in [2.05, 4.69) is 6.92 Å². The van der Waals surface area contributed by atoms with Crippen molar-refractivity contribution in [2.24, 2.45) is 5.73 Å². The highest BCUT2D eigenvalue weighted by molar-refractivity contribution is 6.08. The molecular formula is C30H35N3O4. The lowest BCUT2D eigenvalue weighted by atomic mass is 10.0. The number of carbonyl (C=O) groups is 1. The van der Waals surface area contributed by atoms with Crippen LogP contribution in [-0.4, -0.2) is 33.8 Å². The summed E-state index contributed by atoms with van der Waals surface area (Å²) in [6.45, 7) is 2.60.